The van der Waals surface area contributed by atoms with E-state index in [0.717, 1.165) is 48.7 Å². The fourth-order valence-electron chi connectivity index (χ4n) is 4.55. The molecule has 0 fully saturated rings. The van der Waals surface area contributed by atoms with E-state index in [1.807, 2.05) is 85.1 Å². The van der Waals surface area contributed by atoms with Crippen molar-refractivity contribution < 1.29 is 4.57 Å². The van der Waals surface area contributed by atoms with Gasteiger partial charge in [0.05, 0.1) is 5.52 Å². The first kappa shape index (κ1) is 20.6. The highest BCUT2D eigenvalue weighted by Gasteiger charge is 2.29. The lowest BCUT2D eigenvalue weighted by atomic mass is 10.1. The van der Waals surface area contributed by atoms with Gasteiger partial charge in [0.15, 0.2) is 7.14 Å². The molecule has 5 aromatic carbocycles. The van der Waals surface area contributed by atoms with Crippen LogP contribution in [0.3, 0.4) is 0 Å². The molecule has 0 radical (unpaired) electrons. The summed E-state index contributed by atoms with van der Waals surface area (Å²) in [5.41, 5.74) is 3.08. The van der Waals surface area contributed by atoms with Gasteiger partial charge in [-0.25, -0.2) is 0 Å². The minimum atomic E-state index is -3.05. The van der Waals surface area contributed by atoms with Gasteiger partial charge in [-0.2, -0.15) is 0 Å². The number of para-hydroxylation sites is 1. The van der Waals surface area contributed by atoms with Crippen LogP contribution in [0, 0.1) is 0 Å². The molecule has 0 bridgehead atoms. The molecular formula is C31H22NOP. The second-order valence-electron chi connectivity index (χ2n) is 8.44. The Morgan fingerprint density at radius 1 is 0.471 bits per heavy atom. The molecule has 0 saturated heterocycles. The maximum Gasteiger partial charge on any atom is 0.171 e. The zero-order valence-corrected chi connectivity index (χ0v) is 19.4. The van der Waals surface area contributed by atoms with Gasteiger partial charge in [0.25, 0.3) is 0 Å². The summed E-state index contributed by atoms with van der Waals surface area (Å²) >= 11 is 0. The summed E-state index contributed by atoms with van der Waals surface area (Å²) in [5.74, 6) is 0. The quantitative estimate of drug-likeness (QED) is 0.277. The minimum absolute atomic E-state index is 0.825. The fourth-order valence-corrected chi connectivity index (χ4v) is 7.21. The molecular weight excluding hydrogens is 433 g/mol. The molecule has 0 aliphatic heterocycles. The van der Waals surface area contributed by atoms with Crippen LogP contribution in [0.15, 0.2) is 134 Å². The molecule has 0 amide bonds. The molecule has 1 heterocycles. The molecule has 0 aliphatic rings. The molecule has 0 aliphatic carbocycles. The normalized spacial score (nSPS) is 13.1. The van der Waals surface area contributed by atoms with Crippen molar-refractivity contribution >= 4 is 44.7 Å². The van der Waals surface area contributed by atoms with Gasteiger partial charge in [-0.15, -0.1) is 0 Å². The molecule has 0 spiro atoms. The molecule has 3 heteroatoms. The molecule has 1 unspecified atom stereocenters. The maximum atomic E-state index is 14.9. The molecule has 162 valence electrons. The van der Waals surface area contributed by atoms with Crippen LogP contribution >= 0.6 is 7.14 Å². The Morgan fingerprint density at radius 3 is 1.88 bits per heavy atom. The Bertz CT molecular complexity index is 1670. The lowest BCUT2D eigenvalue weighted by molar-refractivity contribution is 0.592. The molecule has 34 heavy (non-hydrogen) atoms. The van der Waals surface area contributed by atoms with E-state index in [1.54, 1.807) is 0 Å². The second kappa shape index (κ2) is 8.41. The Hall–Kier alpha value is -4.00. The maximum absolute atomic E-state index is 14.9. The van der Waals surface area contributed by atoms with Gasteiger partial charge in [0, 0.05) is 33.1 Å². The Kier molecular flexibility index (Phi) is 5.09. The van der Waals surface area contributed by atoms with E-state index >= 15 is 0 Å². The largest absolute Gasteiger partial charge is 0.309 e. The Labute approximate surface area is 198 Å². The van der Waals surface area contributed by atoms with Crippen molar-refractivity contribution in [2.24, 2.45) is 0 Å². The van der Waals surface area contributed by atoms with Gasteiger partial charge in [-0.1, -0.05) is 109 Å². The monoisotopic (exact) mass is 455 g/mol. The molecule has 0 saturated carbocycles. The number of fused-ring (bicyclic) bond motifs is 2. The van der Waals surface area contributed by atoms with Crippen LogP contribution in [0.1, 0.15) is 0 Å². The smallest absolute Gasteiger partial charge is 0.171 e. The standard InChI is InChI=1S/C31H22NOP/c33-34(28-11-2-1-3-12-28,30-19-16-23-8-4-5-9-25(23)21-30)29-17-14-24(15-18-29)27-20-26-10-6-7-13-31(26)32-22-27/h1-22H. The predicted octanol–water partition coefficient (Wildman–Crippen LogP) is 6.69. The molecule has 6 rings (SSSR count). The second-order valence-corrected chi connectivity index (χ2v) is 11.2. The van der Waals surface area contributed by atoms with Crippen LogP contribution in [0.4, 0.5) is 0 Å². The van der Waals surface area contributed by atoms with Crippen LogP contribution in [0.2, 0.25) is 0 Å². The molecule has 1 atom stereocenters. The number of nitrogens with zero attached hydrogens (tertiary/aromatic N) is 1. The molecule has 6 aromatic rings. The minimum Gasteiger partial charge on any atom is -0.309 e. The van der Waals surface area contributed by atoms with Crippen molar-refractivity contribution in [3.05, 3.63) is 134 Å². The van der Waals surface area contributed by atoms with E-state index in [2.05, 4.69) is 53.5 Å². The Morgan fingerprint density at radius 2 is 1.09 bits per heavy atom. The van der Waals surface area contributed by atoms with Crippen LogP contribution in [-0.4, -0.2) is 4.98 Å². The molecule has 1 aromatic heterocycles. The van der Waals surface area contributed by atoms with Gasteiger partial charge in [0.2, 0.25) is 0 Å². The SMILES string of the molecule is O=P(c1ccccc1)(c1ccc(-c2cnc3ccccc3c2)cc1)c1ccc2ccccc2c1. The van der Waals surface area contributed by atoms with Gasteiger partial charge in [-0.3, -0.25) is 4.98 Å². The van der Waals surface area contributed by atoms with Gasteiger partial charge in [0.1, 0.15) is 0 Å². The summed E-state index contributed by atoms with van der Waals surface area (Å²) in [7, 11) is -3.05. The molecule has 0 N–H and O–H groups in total. The number of hydrogen-bond donors (Lipinski definition) is 0. The number of hydrogen-bond acceptors (Lipinski definition) is 2. The van der Waals surface area contributed by atoms with Crippen molar-refractivity contribution in [3.8, 4) is 11.1 Å². The van der Waals surface area contributed by atoms with Crippen molar-refractivity contribution in [3.63, 3.8) is 0 Å². The summed E-state index contributed by atoms with van der Waals surface area (Å²) < 4.78 is 14.9. The van der Waals surface area contributed by atoms with Crippen LogP contribution < -0.4 is 15.9 Å². The van der Waals surface area contributed by atoms with Crippen LogP contribution in [0.25, 0.3) is 32.8 Å². The summed E-state index contributed by atoms with van der Waals surface area (Å²) in [6.07, 6.45) is 1.90. The summed E-state index contributed by atoms with van der Waals surface area (Å²) in [5, 5.41) is 5.85. The van der Waals surface area contributed by atoms with Gasteiger partial charge >= 0.3 is 0 Å². The summed E-state index contributed by atoms with van der Waals surface area (Å²) in [6.45, 7) is 0. The highest BCUT2D eigenvalue weighted by molar-refractivity contribution is 7.85. The number of rotatable bonds is 4. The van der Waals surface area contributed by atoms with E-state index in [1.165, 1.54) is 0 Å². The van der Waals surface area contributed by atoms with E-state index in [-0.39, 0.29) is 0 Å². The van der Waals surface area contributed by atoms with E-state index in [9.17, 15) is 4.57 Å². The highest BCUT2D eigenvalue weighted by Crippen LogP contribution is 2.43. The zero-order chi connectivity index (χ0) is 23.0. The summed E-state index contributed by atoms with van der Waals surface area (Å²) in [6, 6.07) is 42.5. The van der Waals surface area contributed by atoms with E-state index < -0.39 is 7.14 Å². The van der Waals surface area contributed by atoms with Gasteiger partial charge < -0.3 is 4.57 Å². The first-order valence-electron chi connectivity index (χ1n) is 11.3. The molecule has 2 nitrogen and oxygen atoms in total. The first-order chi connectivity index (χ1) is 16.7. The van der Waals surface area contributed by atoms with E-state index in [0.29, 0.717) is 0 Å². The van der Waals surface area contributed by atoms with E-state index in [4.69, 9.17) is 0 Å². The van der Waals surface area contributed by atoms with Crippen LogP contribution in [0.5, 0.6) is 0 Å². The summed E-state index contributed by atoms with van der Waals surface area (Å²) in [4.78, 5) is 4.60. The number of pyridine rings is 1. The fraction of sp³-hybridized carbons (Fsp3) is 0. The van der Waals surface area contributed by atoms with Crippen molar-refractivity contribution in [2.75, 3.05) is 0 Å². The topological polar surface area (TPSA) is 30.0 Å². The van der Waals surface area contributed by atoms with Gasteiger partial charge in [-0.05, 0) is 34.5 Å². The first-order valence-corrected chi connectivity index (χ1v) is 13.0. The third-order valence-corrected chi connectivity index (χ3v) is 9.43. The highest BCUT2D eigenvalue weighted by atomic mass is 31.2. The lowest BCUT2D eigenvalue weighted by Crippen LogP contribution is -2.25. The van der Waals surface area contributed by atoms with Crippen molar-refractivity contribution in [2.45, 2.75) is 0 Å². The number of aromatic nitrogens is 1. The van der Waals surface area contributed by atoms with Crippen molar-refractivity contribution in [1.29, 1.82) is 0 Å². The third-order valence-electron chi connectivity index (χ3n) is 6.37. The third kappa shape index (κ3) is 3.53. The zero-order valence-electron chi connectivity index (χ0n) is 18.5. The average molecular weight is 455 g/mol. The van der Waals surface area contributed by atoms with Crippen molar-refractivity contribution in [1.82, 2.24) is 4.98 Å². The lowest BCUT2D eigenvalue weighted by Gasteiger charge is -2.21. The average Bonchev–Trinajstić information content (AvgIpc) is 2.92. The number of benzene rings is 5. The van der Waals surface area contributed by atoms with Crippen LogP contribution in [-0.2, 0) is 4.57 Å². The predicted molar refractivity (Wildman–Crippen MR) is 144 cm³/mol. The Balaban J connectivity index is 1.48.